The maximum absolute atomic E-state index is 12.4. The molecule has 0 aliphatic heterocycles. The minimum absolute atomic E-state index is 0.0614. The number of hydrazone groups is 1. The fraction of sp³-hybridized carbons (Fsp3) is 0.0870. The molecule has 0 atom stereocenters. The average Bonchev–Trinajstić information content (AvgIpc) is 3.17. The molecule has 4 aromatic rings. The molecule has 0 fully saturated rings. The highest BCUT2D eigenvalue weighted by Crippen LogP contribution is 2.27. The van der Waals surface area contributed by atoms with E-state index in [2.05, 4.69) is 15.5 Å². The lowest BCUT2D eigenvalue weighted by molar-refractivity contribution is -0.384. The summed E-state index contributed by atoms with van der Waals surface area (Å²) in [6.07, 6.45) is 1.27. The third-order valence-electron chi connectivity index (χ3n) is 4.82. The molecule has 0 radical (unpaired) electrons. The lowest BCUT2D eigenvalue weighted by Crippen LogP contribution is -2.20. The normalized spacial score (nSPS) is 11.2. The van der Waals surface area contributed by atoms with Gasteiger partial charge in [-0.1, -0.05) is 65.3 Å². The van der Waals surface area contributed by atoms with Crippen LogP contribution in [-0.4, -0.2) is 32.3 Å². The van der Waals surface area contributed by atoms with Gasteiger partial charge in [-0.25, -0.2) is 10.4 Å². The Bertz CT molecular complexity index is 1410. The zero-order valence-electron chi connectivity index (χ0n) is 17.5. The molecule has 8 nitrogen and oxygen atoms in total. The van der Waals surface area contributed by atoms with Gasteiger partial charge in [0.1, 0.15) is 0 Å². The number of carbonyl (C=O) groups is 1. The molecule has 0 spiro atoms. The number of aromatic nitrogens is 2. The van der Waals surface area contributed by atoms with Gasteiger partial charge in [-0.3, -0.25) is 14.9 Å². The van der Waals surface area contributed by atoms with Crippen molar-refractivity contribution in [3.8, 4) is 0 Å². The molecule has 4 rings (SSSR count). The van der Waals surface area contributed by atoms with Crippen LogP contribution in [0.5, 0.6) is 0 Å². The molecule has 1 heterocycles. The van der Waals surface area contributed by atoms with Gasteiger partial charge in [0.15, 0.2) is 5.16 Å². The van der Waals surface area contributed by atoms with Gasteiger partial charge in [-0.2, -0.15) is 5.10 Å². The summed E-state index contributed by atoms with van der Waals surface area (Å²) in [7, 11) is 0. The highest BCUT2D eigenvalue weighted by molar-refractivity contribution is 7.99. The second-order valence-corrected chi connectivity index (χ2v) is 8.86. The Labute approximate surface area is 208 Å². The number of carbonyl (C=O) groups excluding carboxylic acids is 1. The summed E-state index contributed by atoms with van der Waals surface area (Å²) in [5, 5.41) is 16.4. The predicted molar refractivity (Wildman–Crippen MR) is 135 cm³/mol. The van der Waals surface area contributed by atoms with Crippen molar-refractivity contribution in [1.82, 2.24) is 15.0 Å². The molecule has 1 aromatic heterocycles. The van der Waals surface area contributed by atoms with Crippen molar-refractivity contribution >= 4 is 63.8 Å². The summed E-state index contributed by atoms with van der Waals surface area (Å²) in [5.41, 5.74) is 5.31. The first-order valence-electron chi connectivity index (χ1n) is 9.99. The number of amides is 1. The second kappa shape index (κ2) is 10.7. The molecular weight excluding hydrogens is 497 g/mol. The highest BCUT2D eigenvalue weighted by atomic mass is 35.5. The molecule has 172 valence electrons. The SMILES string of the molecule is O=C(CSc1nc2ccccc2n1Cc1ccccc1Cl)NN=Cc1cc([N+](=O)[O-])ccc1Cl. The number of hydrogen-bond donors (Lipinski definition) is 1. The number of rotatable bonds is 8. The van der Waals surface area contributed by atoms with Crippen molar-refractivity contribution in [2.45, 2.75) is 11.7 Å². The number of benzene rings is 3. The molecular formula is C23H17Cl2N5O3S. The van der Waals surface area contributed by atoms with E-state index in [1.807, 2.05) is 53.1 Å². The van der Waals surface area contributed by atoms with Crippen LogP contribution in [0.4, 0.5) is 5.69 Å². The summed E-state index contributed by atoms with van der Waals surface area (Å²) < 4.78 is 2.01. The van der Waals surface area contributed by atoms with Crippen LogP contribution < -0.4 is 5.43 Å². The summed E-state index contributed by atoms with van der Waals surface area (Å²) in [6.45, 7) is 0.508. The summed E-state index contributed by atoms with van der Waals surface area (Å²) in [5.74, 6) is -0.301. The Morgan fingerprint density at radius 3 is 2.68 bits per heavy atom. The zero-order chi connectivity index (χ0) is 24.1. The Balaban J connectivity index is 1.46. The van der Waals surface area contributed by atoms with Gasteiger partial charge >= 0.3 is 0 Å². The quantitative estimate of drug-likeness (QED) is 0.144. The fourth-order valence-electron chi connectivity index (χ4n) is 3.19. The maximum Gasteiger partial charge on any atom is 0.270 e. The van der Waals surface area contributed by atoms with Crippen LogP contribution >= 0.6 is 35.0 Å². The number of fused-ring (bicyclic) bond motifs is 1. The Kier molecular flexibility index (Phi) is 7.46. The van der Waals surface area contributed by atoms with Crippen LogP contribution in [0, 0.1) is 10.1 Å². The van der Waals surface area contributed by atoms with E-state index in [1.165, 1.54) is 36.2 Å². The van der Waals surface area contributed by atoms with E-state index in [4.69, 9.17) is 23.2 Å². The van der Waals surface area contributed by atoms with E-state index in [1.54, 1.807) is 0 Å². The molecule has 34 heavy (non-hydrogen) atoms. The first-order chi connectivity index (χ1) is 16.4. The number of thioether (sulfide) groups is 1. The topological polar surface area (TPSA) is 102 Å². The number of nitrogens with zero attached hydrogens (tertiary/aromatic N) is 4. The van der Waals surface area contributed by atoms with Gasteiger partial charge in [0, 0.05) is 27.7 Å². The minimum Gasteiger partial charge on any atom is -0.314 e. The fourth-order valence-corrected chi connectivity index (χ4v) is 4.36. The monoisotopic (exact) mass is 513 g/mol. The standard InChI is InChI=1S/C23H17Cl2N5O3S/c24-18-6-2-1-5-15(18)13-29-21-8-4-3-7-20(21)27-23(29)34-14-22(31)28-26-12-16-11-17(30(32)33)9-10-19(16)25/h1-12H,13-14H2,(H,28,31). The van der Waals surface area contributed by atoms with Crippen LogP contribution in [0.25, 0.3) is 11.0 Å². The molecule has 0 unspecified atom stereocenters. The number of halogens is 2. The van der Waals surface area contributed by atoms with Crippen molar-refractivity contribution in [3.63, 3.8) is 0 Å². The number of nitro benzene ring substituents is 1. The van der Waals surface area contributed by atoms with E-state index in [0.717, 1.165) is 16.6 Å². The lowest BCUT2D eigenvalue weighted by atomic mass is 10.2. The third-order valence-corrected chi connectivity index (χ3v) is 6.51. The molecule has 0 aliphatic carbocycles. The molecule has 0 bridgehead atoms. The van der Waals surface area contributed by atoms with E-state index in [0.29, 0.717) is 22.3 Å². The van der Waals surface area contributed by atoms with E-state index < -0.39 is 4.92 Å². The Morgan fingerprint density at radius 1 is 1.12 bits per heavy atom. The number of nitrogens with one attached hydrogen (secondary N) is 1. The van der Waals surface area contributed by atoms with E-state index >= 15 is 0 Å². The van der Waals surface area contributed by atoms with Crippen LogP contribution in [-0.2, 0) is 11.3 Å². The first-order valence-corrected chi connectivity index (χ1v) is 11.7. The zero-order valence-corrected chi connectivity index (χ0v) is 19.8. The highest BCUT2D eigenvalue weighted by Gasteiger charge is 2.14. The van der Waals surface area contributed by atoms with Gasteiger partial charge < -0.3 is 4.57 Å². The predicted octanol–water partition coefficient (Wildman–Crippen LogP) is 5.54. The average molecular weight is 514 g/mol. The number of imidazole rings is 1. The van der Waals surface area contributed by atoms with Crippen LogP contribution in [0.15, 0.2) is 77.0 Å². The summed E-state index contributed by atoms with van der Waals surface area (Å²) in [6, 6.07) is 19.3. The van der Waals surface area contributed by atoms with Crippen LogP contribution in [0.2, 0.25) is 10.0 Å². The number of non-ortho nitro benzene ring substituents is 1. The number of para-hydroxylation sites is 2. The van der Waals surface area contributed by atoms with E-state index in [9.17, 15) is 14.9 Å². The number of hydrogen-bond acceptors (Lipinski definition) is 6. The van der Waals surface area contributed by atoms with Crippen molar-refractivity contribution < 1.29 is 9.72 Å². The largest absolute Gasteiger partial charge is 0.314 e. The molecule has 0 saturated carbocycles. The molecule has 11 heteroatoms. The van der Waals surface area contributed by atoms with Crippen molar-refractivity contribution in [3.05, 3.63) is 98.0 Å². The summed E-state index contributed by atoms with van der Waals surface area (Å²) >= 11 is 13.7. The van der Waals surface area contributed by atoms with Gasteiger partial charge in [0.25, 0.3) is 11.6 Å². The van der Waals surface area contributed by atoms with Crippen molar-refractivity contribution in [2.24, 2.45) is 5.10 Å². The third kappa shape index (κ3) is 5.56. The van der Waals surface area contributed by atoms with Gasteiger partial charge in [0.2, 0.25) is 0 Å². The molecule has 1 amide bonds. The molecule has 0 aliphatic rings. The Morgan fingerprint density at radius 2 is 1.88 bits per heavy atom. The summed E-state index contributed by atoms with van der Waals surface area (Å²) in [4.78, 5) is 27.4. The first kappa shape index (κ1) is 23.7. The molecule has 3 aromatic carbocycles. The lowest BCUT2D eigenvalue weighted by Gasteiger charge is -2.10. The van der Waals surface area contributed by atoms with Gasteiger partial charge in [-0.05, 0) is 29.8 Å². The molecule has 1 N–H and O–H groups in total. The Hall–Kier alpha value is -3.40. The van der Waals surface area contributed by atoms with Gasteiger partial charge in [0.05, 0.1) is 34.5 Å². The van der Waals surface area contributed by atoms with Crippen LogP contribution in [0.3, 0.4) is 0 Å². The van der Waals surface area contributed by atoms with Crippen molar-refractivity contribution in [2.75, 3.05) is 5.75 Å². The minimum atomic E-state index is -0.530. The number of nitro groups is 1. The second-order valence-electron chi connectivity index (χ2n) is 7.11. The van der Waals surface area contributed by atoms with Crippen molar-refractivity contribution in [1.29, 1.82) is 0 Å². The van der Waals surface area contributed by atoms with E-state index in [-0.39, 0.29) is 22.4 Å². The van der Waals surface area contributed by atoms with Gasteiger partial charge in [-0.15, -0.1) is 0 Å². The maximum atomic E-state index is 12.4. The smallest absolute Gasteiger partial charge is 0.270 e. The molecule has 0 saturated heterocycles. The van der Waals surface area contributed by atoms with Crippen LogP contribution in [0.1, 0.15) is 11.1 Å².